The molecule has 6 nitrogen and oxygen atoms in total. The molecule has 1 atom stereocenters. The number of carbonyl (C=O) groups is 1. The fourth-order valence-corrected chi connectivity index (χ4v) is 5.92. The van der Waals surface area contributed by atoms with E-state index < -0.39 is 12.0 Å². The van der Waals surface area contributed by atoms with Crippen LogP contribution in [0.4, 0.5) is 0 Å². The number of carbonyl (C=O) groups excluding carboxylic acids is 1. The van der Waals surface area contributed by atoms with Gasteiger partial charge in [-0.25, -0.2) is 9.79 Å². The summed E-state index contributed by atoms with van der Waals surface area (Å²) >= 11 is 7.39. The lowest BCUT2D eigenvalue weighted by molar-refractivity contribution is -0.138. The highest BCUT2D eigenvalue weighted by atomic mass is 35.5. The quantitative estimate of drug-likeness (QED) is 0.242. The van der Waals surface area contributed by atoms with Crippen LogP contribution in [-0.4, -0.2) is 17.1 Å². The van der Waals surface area contributed by atoms with Crippen molar-refractivity contribution < 1.29 is 13.9 Å². The Labute approximate surface area is 238 Å². The van der Waals surface area contributed by atoms with Gasteiger partial charge in [0.1, 0.15) is 11.5 Å². The van der Waals surface area contributed by atoms with E-state index in [1.54, 1.807) is 23.6 Å². The molecule has 6 rings (SSSR count). The van der Waals surface area contributed by atoms with Gasteiger partial charge < -0.3 is 9.15 Å². The number of hydrogen-bond acceptors (Lipinski definition) is 6. The van der Waals surface area contributed by atoms with Crippen LogP contribution in [0.2, 0.25) is 5.02 Å². The van der Waals surface area contributed by atoms with Crippen LogP contribution in [0.25, 0.3) is 23.1 Å². The van der Waals surface area contributed by atoms with Crippen LogP contribution in [0.3, 0.4) is 0 Å². The summed E-state index contributed by atoms with van der Waals surface area (Å²) in [5, 5.41) is 0.608. The molecule has 8 heteroatoms. The molecule has 0 bridgehead atoms. The second-order valence-corrected chi connectivity index (χ2v) is 10.5. The summed E-state index contributed by atoms with van der Waals surface area (Å²) < 4.78 is 13.5. The van der Waals surface area contributed by atoms with Gasteiger partial charge in [0.25, 0.3) is 5.56 Å². The molecule has 1 aliphatic heterocycles. The molecule has 3 heterocycles. The highest BCUT2D eigenvalue weighted by Crippen LogP contribution is 2.35. The lowest BCUT2D eigenvalue weighted by Crippen LogP contribution is -2.39. The smallest absolute Gasteiger partial charge is 0.338 e. The first-order chi connectivity index (χ1) is 19.5. The van der Waals surface area contributed by atoms with Gasteiger partial charge in [0.2, 0.25) is 0 Å². The molecule has 1 aliphatic rings. The van der Waals surface area contributed by atoms with E-state index in [-0.39, 0.29) is 12.2 Å². The topological polar surface area (TPSA) is 73.8 Å². The van der Waals surface area contributed by atoms with Gasteiger partial charge in [0, 0.05) is 22.2 Å². The largest absolute Gasteiger partial charge is 0.463 e. The molecule has 198 valence electrons. The van der Waals surface area contributed by atoms with E-state index in [0.717, 1.165) is 16.7 Å². The Bertz CT molecular complexity index is 1920. The lowest BCUT2D eigenvalue weighted by atomic mass is 9.93. The molecule has 0 saturated carbocycles. The minimum Gasteiger partial charge on any atom is -0.463 e. The van der Waals surface area contributed by atoms with Crippen LogP contribution < -0.4 is 14.9 Å². The summed E-state index contributed by atoms with van der Waals surface area (Å²) in [6.45, 7) is 1.96. The van der Waals surface area contributed by atoms with Crippen molar-refractivity contribution in [1.82, 2.24) is 4.57 Å². The number of furan rings is 1. The molecule has 3 aromatic carbocycles. The van der Waals surface area contributed by atoms with E-state index in [4.69, 9.17) is 25.7 Å². The van der Waals surface area contributed by atoms with Crippen LogP contribution in [-0.2, 0) is 9.53 Å². The van der Waals surface area contributed by atoms with Gasteiger partial charge in [-0.15, -0.1) is 0 Å². The maximum Gasteiger partial charge on any atom is 0.338 e. The first kappa shape index (κ1) is 25.8. The minimum absolute atomic E-state index is 0.198. The van der Waals surface area contributed by atoms with Crippen molar-refractivity contribution in [2.24, 2.45) is 4.99 Å². The molecule has 0 saturated heterocycles. The number of ether oxygens (including phenoxy) is 1. The number of nitrogens with zero attached hydrogens (tertiary/aromatic N) is 2. The molecule has 0 radical (unpaired) electrons. The van der Waals surface area contributed by atoms with Crippen molar-refractivity contribution in [1.29, 1.82) is 0 Å². The number of esters is 1. The van der Waals surface area contributed by atoms with E-state index in [1.807, 2.05) is 91.0 Å². The maximum atomic E-state index is 13.9. The van der Waals surface area contributed by atoms with Crippen LogP contribution in [0.5, 0.6) is 0 Å². The molecule has 0 N–H and O–H groups in total. The van der Waals surface area contributed by atoms with Gasteiger partial charge in [-0.05, 0) is 36.8 Å². The molecule has 0 spiro atoms. The number of halogens is 1. The monoisotopic (exact) mass is 566 g/mol. The van der Waals surface area contributed by atoms with Crippen LogP contribution in [0.15, 0.2) is 117 Å². The van der Waals surface area contributed by atoms with Crippen LogP contribution in [0.1, 0.15) is 29.9 Å². The van der Waals surface area contributed by atoms with Crippen LogP contribution in [0, 0.1) is 0 Å². The lowest BCUT2D eigenvalue weighted by Gasteiger charge is -2.25. The first-order valence-electron chi connectivity index (χ1n) is 12.7. The predicted molar refractivity (Wildman–Crippen MR) is 157 cm³/mol. The summed E-state index contributed by atoms with van der Waals surface area (Å²) in [6.07, 6.45) is 1.70. The van der Waals surface area contributed by atoms with Crippen molar-refractivity contribution in [2.75, 3.05) is 6.61 Å². The highest BCUT2D eigenvalue weighted by Gasteiger charge is 2.35. The van der Waals surface area contributed by atoms with Crippen molar-refractivity contribution in [3.63, 3.8) is 0 Å². The average molecular weight is 567 g/mol. The predicted octanol–water partition coefficient (Wildman–Crippen LogP) is 5.85. The maximum absolute atomic E-state index is 13.9. The van der Waals surface area contributed by atoms with Crippen LogP contribution >= 0.6 is 22.9 Å². The zero-order valence-corrected chi connectivity index (χ0v) is 23.0. The highest BCUT2D eigenvalue weighted by molar-refractivity contribution is 7.07. The minimum atomic E-state index is -0.715. The standard InChI is InChI=1S/C32H23ClN2O4S/c1-2-38-31(37)27-28(20-10-5-3-6-11-20)34-32-35(29(27)21-12-7-4-8-13-21)30(36)26(40-32)19-24-16-17-25(39-24)22-14-9-15-23(33)18-22/h3-19,29H,2H2,1H3/b26-19-/t29-/m0/s1. The molecule has 0 unspecified atom stereocenters. The third-order valence-corrected chi connectivity index (χ3v) is 7.72. The Kier molecular flexibility index (Phi) is 7.07. The number of rotatable bonds is 6. The summed E-state index contributed by atoms with van der Waals surface area (Å²) in [7, 11) is 0. The van der Waals surface area contributed by atoms with E-state index in [2.05, 4.69) is 0 Å². The third kappa shape index (κ3) is 4.85. The summed E-state index contributed by atoms with van der Waals surface area (Å²) in [5.74, 6) is 0.648. The second-order valence-electron chi connectivity index (χ2n) is 9.05. The average Bonchev–Trinajstić information content (AvgIpc) is 3.57. The fourth-order valence-electron chi connectivity index (χ4n) is 4.75. The number of benzene rings is 3. The van der Waals surface area contributed by atoms with Gasteiger partial charge in [0.05, 0.1) is 28.5 Å². The third-order valence-electron chi connectivity index (χ3n) is 6.50. The Morgan fingerprint density at radius 3 is 2.45 bits per heavy atom. The van der Waals surface area contributed by atoms with E-state index in [1.165, 1.54) is 11.3 Å². The first-order valence-corrected chi connectivity index (χ1v) is 13.9. The molecule has 0 aliphatic carbocycles. The molecular formula is C32H23ClN2O4S. The number of aromatic nitrogens is 1. The number of thiazole rings is 1. The zero-order chi connectivity index (χ0) is 27.6. The summed E-state index contributed by atoms with van der Waals surface area (Å²) in [5.41, 5.74) is 2.92. The Morgan fingerprint density at radius 1 is 1.00 bits per heavy atom. The van der Waals surface area contributed by atoms with E-state index in [9.17, 15) is 9.59 Å². The van der Waals surface area contributed by atoms with Gasteiger partial charge in [-0.1, -0.05) is 95.7 Å². The van der Waals surface area contributed by atoms with E-state index >= 15 is 0 Å². The molecular weight excluding hydrogens is 544 g/mol. The van der Waals surface area contributed by atoms with E-state index in [0.29, 0.717) is 37.1 Å². The molecule has 2 aromatic heterocycles. The van der Waals surface area contributed by atoms with Crippen molar-refractivity contribution in [2.45, 2.75) is 13.0 Å². The van der Waals surface area contributed by atoms with Crippen molar-refractivity contribution in [3.8, 4) is 11.3 Å². The van der Waals surface area contributed by atoms with Gasteiger partial charge in [-0.2, -0.15) is 0 Å². The molecule has 5 aromatic rings. The van der Waals surface area contributed by atoms with Crippen molar-refractivity contribution in [3.05, 3.63) is 144 Å². The van der Waals surface area contributed by atoms with Gasteiger partial charge in [-0.3, -0.25) is 9.36 Å². The van der Waals surface area contributed by atoms with Crippen molar-refractivity contribution >= 4 is 40.7 Å². The van der Waals surface area contributed by atoms with Gasteiger partial charge >= 0.3 is 5.97 Å². The SMILES string of the molecule is CCOC(=O)C1=C(c2ccccc2)N=c2s/c(=C\c3ccc(-c4cccc(Cl)c4)o3)c(=O)n2[C@H]1c1ccccc1. The molecule has 40 heavy (non-hydrogen) atoms. The summed E-state index contributed by atoms with van der Waals surface area (Å²) in [6, 6.07) is 29.3. The fraction of sp³-hybridized carbons (Fsp3) is 0.0938. The molecule has 0 amide bonds. The molecule has 0 fully saturated rings. The Hall–Kier alpha value is -4.46. The van der Waals surface area contributed by atoms with Gasteiger partial charge in [0.15, 0.2) is 4.80 Å². The normalized spacial score (nSPS) is 15.1. The number of hydrogen-bond donors (Lipinski definition) is 0. The zero-order valence-electron chi connectivity index (χ0n) is 21.4. The Morgan fingerprint density at radius 2 is 1.73 bits per heavy atom. The number of fused-ring (bicyclic) bond motifs is 1. The Balaban J connectivity index is 1.56. The second kappa shape index (κ2) is 11.0. The summed E-state index contributed by atoms with van der Waals surface area (Å²) in [4.78, 5) is 32.7.